The van der Waals surface area contributed by atoms with Crippen LogP contribution in [-0.4, -0.2) is 38.9 Å². The first kappa shape index (κ1) is 23.1. The van der Waals surface area contributed by atoms with Gasteiger partial charge in [0, 0.05) is 26.6 Å². The lowest BCUT2D eigenvalue weighted by Gasteiger charge is -2.35. The van der Waals surface area contributed by atoms with Gasteiger partial charge in [0.15, 0.2) is 5.82 Å². The van der Waals surface area contributed by atoms with Crippen molar-refractivity contribution in [3.63, 3.8) is 0 Å². The topological polar surface area (TPSA) is 34.0 Å². The summed E-state index contributed by atoms with van der Waals surface area (Å²) in [5, 5.41) is 8.03. The van der Waals surface area contributed by atoms with Crippen molar-refractivity contribution in [1.29, 1.82) is 0 Å². The number of hydrogen-bond donors (Lipinski definition) is 0. The molecule has 1 aliphatic rings. The quantitative estimate of drug-likeness (QED) is 0.523. The SMILES string of the molecule is C=CC(=C(c1nnc(CC(C)CC)n1C)C(F)(F)F)N1CCC(c2ccccc2)CC1. The van der Waals surface area contributed by atoms with Gasteiger partial charge in [-0.3, -0.25) is 0 Å². The van der Waals surface area contributed by atoms with Crippen LogP contribution in [0.3, 0.4) is 0 Å². The van der Waals surface area contributed by atoms with Crippen molar-refractivity contribution in [2.24, 2.45) is 13.0 Å². The molecule has 31 heavy (non-hydrogen) atoms. The highest BCUT2D eigenvalue weighted by atomic mass is 19.4. The maximum Gasteiger partial charge on any atom is 0.422 e. The van der Waals surface area contributed by atoms with Crippen molar-refractivity contribution < 1.29 is 13.2 Å². The van der Waals surface area contributed by atoms with Crippen molar-refractivity contribution in [3.05, 3.63) is 65.9 Å². The Hall–Kier alpha value is -2.57. The number of nitrogens with zero attached hydrogens (tertiary/aromatic N) is 4. The lowest BCUT2D eigenvalue weighted by atomic mass is 9.89. The number of halogens is 3. The Labute approximate surface area is 182 Å². The summed E-state index contributed by atoms with van der Waals surface area (Å²) < 4.78 is 44.2. The number of rotatable bonds is 7. The Morgan fingerprint density at radius 2 is 1.84 bits per heavy atom. The van der Waals surface area contributed by atoms with E-state index in [-0.39, 0.29) is 11.5 Å². The smallest absolute Gasteiger partial charge is 0.371 e. The third-order valence-electron chi connectivity index (χ3n) is 6.26. The average Bonchev–Trinajstić information content (AvgIpc) is 3.11. The molecule has 0 spiro atoms. The Bertz CT molecular complexity index is 907. The first-order valence-corrected chi connectivity index (χ1v) is 10.9. The summed E-state index contributed by atoms with van der Waals surface area (Å²) in [7, 11) is 1.61. The van der Waals surface area contributed by atoms with Gasteiger partial charge in [-0.1, -0.05) is 57.2 Å². The van der Waals surface area contributed by atoms with Crippen molar-refractivity contribution in [3.8, 4) is 0 Å². The highest BCUT2D eigenvalue weighted by Gasteiger charge is 2.42. The highest BCUT2D eigenvalue weighted by Crippen LogP contribution is 2.39. The molecule has 7 heteroatoms. The predicted molar refractivity (Wildman–Crippen MR) is 117 cm³/mol. The van der Waals surface area contributed by atoms with E-state index in [0.717, 1.165) is 19.3 Å². The molecule has 168 valence electrons. The van der Waals surface area contributed by atoms with Gasteiger partial charge < -0.3 is 9.47 Å². The molecule has 0 saturated carbocycles. The standard InChI is InChI=1S/C24H31F3N4/c1-5-17(3)16-21-28-29-23(30(21)4)22(24(25,26)27)20(6-2)31-14-12-19(13-15-31)18-10-8-7-9-11-18/h6-11,17,19H,2,5,12-16H2,1,3-4H3. The summed E-state index contributed by atoms with van der Waals surface area (Å²) in [6, 6.07) is 10.2. The predicted octanol–water partition coefficient (Wildman–Crippen LogP) is 5.74. The van der Waals surface area contributed by atoms with Crippen LogP contribution in [0, 0.1) is 5.92 Å². The Morgan fingerprint density at radius 3 is 2.39 bits per heavy atom. The summed E-state index contributed by atoms with van der Waals surface area (Å²) in [6.45, 7) is 8.90. The van der Waals surface area contributed by atoms with Crippen LogP contribution in [0.1, 0.15) is 56.2 Å². The summed E-state index contributed by atoms with van der Waals surface area (Å²) in [6.07, 6.45) is -0.131. The number of benzene rings is 1. The molecule has 1 aromatic heterocycles. The van der Waals surface area contributed by atoms with E-state index in [0.29, 0.717) is 37.2 Å². The normalized spacial score (nSPS) is 17.4. The Morgan fingerprint density at radius 1 is 1.19 bits per heavy atom. The molecule has 0 bridgehead atoms. The van der Waals surface area contributed by atoms with Gasteiger partial charge in [-0.05, 0) is 36.3 Å². The minimum Gasteiger partial charge on any atom is -0.371 e. The molecule has 0 radical (unpaired) electrons. The molecule has 1 fully saturated rings. The highest BCUT2D eigenvalue weighted by molar-refractivity contribution is 5.70. The molecule has 1 aromatic carbocycles. The zero-order valence-electron chi connectivity index (χ0n) is 18.5. The Kier molecular flexibility index (Phi) is 7.23. The number of likely N-dealkylation sites (tertiary alicyclic amines) is 1. The van der Waals surface area contributed by atoms with Crippen molar-refractivity contribution in [1.82, 2.24) is 19.7 Å². The molecule has 2 aromatic rings. The van der Waals surface area contributed by atoms with Gasteiger partial charge in [0.25, 0.3) is 0 Å². The molecule has 3 rings (SSSR count). The van der Waals surface area contributed by atoms with Crippen LogP contribution >= 0.6 is 0 Å². The zero-order chi connectivity index (χ0) is 22.6. The monoisotopic (exact) mass is 432 g/mol. The lowest BCUT2D eigenvalue weighted by Crippen LogP contribution is -2.34. The van der Waals surface area contributed by atoms with E-state index in [1.54, 1.807) is 11.9 Å². The van der Waals surface area contributed by atoms with Gasteiger partial charge in [0.05, 0.1) is 5.70 Å². The van der Waals surface area contributed by atoms with Crippen molar-refractivity contribution >= 4 is 5.57 Å². The molecule has 0 amide bonds. The van der Waals surface area contributed by atoms with Gasteiger partial charge in [0.1, 0.15) is 11.4 Å². The van der Waals surface area contributed by atoms with E-state index >= 15 is 0 Å². The first-order chi connectivity index (χ1) is 14.8. The summed E-state index contributed by atoms with van der Waals surface area (Å²) in [5.41, 5.74) is 0.570. The largest absolute Gasteiger partial charge is 0.422 e. The second-order valence-corrected chi connectivity index (χ2v) is 8.35. The Balaban J connectivity index is 1.91. The molecule has 1 atom stereocenters. The van der Waals surface area contributed by atoms with Crippen LogP contribution < -0.4 is 0 Å². The van der Waals surface area contributed by atoms with E-state index in [1.165, 1.54) is 16.2 Å². The fraction of sp³-hybridized carbons (Fsp3) is 0.500. The lowest BCUT2D eigenvalue weighted by molar-refractivity contribution is -0.0708. The van der Waals surface area contributed by atoms with Crippen molar-refractivity contribution in [2.75, 3.05) is 13.1 Å². The number of piperidine rings is 1. The second kappa shape index (κ2) is 9.71. The first-order valence-electron chi connectivity index (χ1n) is 10.9. The van der Waals surface area contributed by atoms with Gasteiger partial charge in [-0.25, -0.2) is 0 Å². The van der Waals surface area contributed by atoms with Crippen LogP contribution in [0.4, 0.5) is 13.2 Å². The molecule has 1 aliphatic heterocycles. The number of alkyl halides is 3. The number of aromatic nitrogens is 3. The van der Waals surface area contributed by atoms with Crippen LogP contribution in [0.25, 0.3) is 5.57 Å². The van der Waals surface area contributed by atoms with E-state index in [1.807, 2.05) is 18.2 Å². The van der Waals surface area contributed by atoms with Gasteiger partial charge in [-0.2, -0.15) is 13.2 Å². The minimum absolute atomic E-state index is 0.0876. The number of allylic oxidation sites excluding steroid dienone is 2. The molecule has 1 unspecified atom stereocenters. The van der Waals surface area contributed by atoms with Gasteiger partial charge in [0.2, 0.25) is 0 Å². The molecule has 0 N–H and O–H groups in total. The molecular weight excluding hydrogens is 401 g/mol. The van der Waals surface area contributed by atoms with E-state index in [9.17, 15) is 13.2 Å². The molecule has 0 aliphatic carbocycles. The van der Waals surface area contributed by atoms with Crippen LogP contribution in [0.2, 0.25) is 0 Å². The fourth-order valence-electron chi connectivity index (χ4n) is 4.17. The fourth-order valence-corrected chi connectivity index (χ4v) is 4.17. The van der Waals surface area contributed by atoms with E-state index in [4.69, 9.17) is 0 Å². The summed E-state index contributed by atoms with van der Waals surface area (Å²) in [4.78, 5) is 1.79. The second-order valence-electron chi connectivity index (χ2n) is 8.35. The molecule has 2 heterocycles. The number of hydrogen-bond acceptors (Lipinski definition) is 3. The van der Waals surface area contributed by atoms with Gasteiger partial charge >= 0.3 is 6.18 Å². The minimum atomic E-state index is -4.56. The zero-order valence-corrected chi connectivity index (χ0v) is 18.5. The van der Waals surface area contributed by atoms with Gasteiger partial charge in [-0.15, -0.1) is 10.2 Å². The van der Waals surface area contributed by atoms with Crippen LogP contribution in [0.15, 0.2) is 48.7 Å². The molecule has 4 nitrogen and oxygen atoms in total. The third kappa shape index (κ3) is 5.20. The van der Waals surface area contributed by atoms with E-state index in [2.05, 4.69) is 42.8 Å². The summed E-state index contributed by atoms with van der Waals surface area (Å²) >= 11 is 0. The average molecular weight is 433 g/mol. The summed E-state index contributed by atoms with van der Waals surface area (Å²) in [5.74, 6) is 1.10. The van der Waals surface area contributed by atoms with E-state index < -0.39 is 11.7 Å². The molecular formula is C24H31F3N4. The maximum atomic E-state index is 14.2. The molecule has 1 saturated heterocycles. The van der Waals surface area contributed by atoms with Crippen LogP contribution in [0.5, 0.6) is 0 Å². The third-order valence-corrected chi connectivity index (χ3v) is 6.26. The van der Waals surface area contributed by atoms with Crippen molar-refractivity contribution in [2.45, 2.75) is 51.6 Å². The maximum absolute atomic E-state index is 14.2. The van der Waals surface area contributed by atoms with Crippen LogP contribution in [-0.2, 0) is 13.5 Å².